The number of benzene rings is 2. The molecule has 29 heavy (non-hydrogen) atoms. The summed E-state index contributed by atoms with van der Waals surface area (Å²) >= 11 is 4.16. The van der Waals surface area contributed by atoms with Crippen LogP contribution in [0.4, 0.5) is 9.18 Å². The van der Waals surface area contributed by atoms with Crippen molar-refractivity contribution in [3.8, 4) is 5.75 Å². The van der Waals surface area contributed by atoms with Crippen molar-refractivity contribution in [1.29, 1.82) is 0 Å². The number of hydrogen-bond donors (Lipinski definition) is 0. The number of halogens is 2. The Morgan fingerprint density at radius 2 is 1.93 bits per heavy atom. The molecule has 1 fully saturated rings. The molecule has 2 aromatic rings. The normalized spacial score (nSPS) is 15.1. The van der Waals surface area contributed by atoms with E-state index in [1.165, 1.54) is 37.5 Å². The minimum atomic E-state index is -0.543. The molecule has 0 N–H and O–H groups in total. The monoisotopic (exact) mass is 479 g/mol. The summed E-state index contributed by atoms with van der Waals surface area (Å²) in [6.07, 6.45) is 1.53. The molecule has 2 amide bonds. The molecule has 0 aromatic heterocycles. The number of ether oxygens (including phenoxy) is 2. The number of rotatable bonds is 6. The standard InChI is InChI=1S/C20H15BrFNO5S/c1-27-18(24)11-28-16-7-4-14(21)8-13(16)9-17-19(25)23(20(26)29-17)10-12-2-5-15(22)6-3-12/h2-9H,10-11H2,1H3/b17-9+. The fourth-order valence-corrected chi connectivity index (χ4v) is 3.72. The van der Waals surface area contributed by atoms with Crippen molar-refractivity contribution < 1.29 is 28.2 Å². The number of amides is 2. The lowest BCUT2D eigenvalue weighted by molar-refractivity contribution is -0.142. The van der Waals surface area contributed by atoms with E-state index in [9.17, 15) is 18.8 Å². The molecule has 1 aliphatic rings. The van der Waals surface area contributed by atoms with Gasteiger partial charge in [-0.1, -0.05) is 28.1 Å². The molecule has 150 valence electrons. The van der Waals surface area contributed by atoms with Crippen LogP contribution in [-0.2, 0) is 20.9 Å². The smallest absolute Gasteiger partial charge is 0.343 e. The third-order valence-corrected chi connectivity index (χ3v) is 5.36. The van der Waals surface area contributed by atoms with Crippen molar-refractivity contribution >= 4 is 50.9 Å². The number of nitrogens with zero attached hydrogens (tertiary/aromatic N) is 1. The zero-order valence-corrected chi connectivity index (χ0v) is 17.6. The van der Waals surface area contributed by atoms with E-state index in [0.29, 0.717) is 16.9 Å². The Morgan fingerprint density at radius 3 is 2.62 bits per heavy atom. The molecule has 9 heteroatoms. The molecule has 2 aromatic carbocycles. The van der Waals surface area contributed by atoms with Crippen LogP contribution in [0.3, 0.4) is 0 Å². The van der Waals surface area contributed by atoms with Crippen LogP contribution < -0.4 is 4.74 Å². The van der Waals surface area contributed by atoms with Gasteiger partial charge in [0.25, 0.3) is 11.1 Å². The molecular formula is C20H15BrFNO5S. The van der Waals surface area contributed by atoms with E-state index in [0.717, 1.165) is 21.1 Å². The van der Waals surface area contributed by atoms with Crippen LogP contribution in [0.5, 0.6) is 5.75 Å². The average molecular weight is 480 g/mol. The Hall–Kier alpha value is -2.65. The summed E-state index contributed by atoms with van der Waals surface area (Å²) < 4.78 is 23.8. The summed E-state index contributed by atoms with van der Waals surface area (Å²) in [7, 11) is 1.26. The minimum Gasteiger partial charge on any atom is -0.481 e. The second kappa shape index (κ2) is 9.23. The van der Waals surface area contributed by atoms with Gasteiger partial charge in [-0.05, 0) is 53.7 Å². The topological polar surface area (TPSA) is 72.9 Å². The lowest BCUT2D eigenvalue weighted by Crippen LogP contribution is -2.27. The van der Waals surface area contributed by atoms with Gasteiger partial charge in [0.1, 0.15) is 11.6 Å². The number of hydrogen-bond acceptors (Lipinski definition) is 6. The highest BCUT2D eigenvalue weighted by Gasteiger charge is 2.35. The van der Waals surface area contributed by atoms with Gasteiger partial charge in [0, 0.05) is 10.0 Å². The van der Waals surface area contributed by atoms with Gasteiger partial charge >= 0.3 is 5.97 Å². The van der Waals surface area contributed by atoms with Gasteiger partial charge < -0.3 is 9.47 Å². The zero-order chi connectivity index (χ0) is 21.0. The van der Waals surface area contributed by atoms with Crippen LogP contribution in [0.25, 0.3) is 6.08 Å². The maximum absolute atomic E-state index is 13.1. The second-order valence-electron chi connectivity index (χ2n) is 5.94. The lowest BCUT2D eigenvalue weighted by atomic mass is 10.1. The summed E-state index contributed by atoms with van der Waals surface area (Å²) in [6.45, 7) is -0.239. The van der Waals surface area contributed by atoms with E-state index < -0.39 is 22.9 Å². The van der Waals surface area contributed by atoms with Gasteiger partial charge in [-0.15, -0.1) is 0 Å². The highest BCUT2D eigenvalue weighted by atomic mass is 79.9. The molecule has 1 aliphatic heterocycles. The van der Waals surface area contributed by atoms with E-state index in [1.54, 1.807) is 18.2 Å². The van der Waals surface area contributed by atoms with Crippen molar-refractivity contribution in [2.45, 2.75) is 6.54 Å². The molecule has 0 aliphatic carbocycles. The van der Waals surface area contributed by atoms with Crippen molar-refractivity contribution in [1.82, 2.24) is 4.90 Å². The Labute approximate surface area is 178 Å². The van der Waals surface area contributed by atoms with Crippen LogP contribution in [-0.4, -0.2) is 35.7 Å². The van der Waals surface area contributed by atoms with Gasteiger partial charge in [0.15, 0.2) is 6.61 Å². The van der Waals surface area contributed by atoms with Crippen molar-refractivity contribution in [3.05, 3.63) is 68.8 Å². The van der Waals surface area contributed by atoms with Gasteiger partial charge in [0.2, 0.25) is 0 Å². The maximum atomic E-state index is 13.1. The fourth-order valence-electron chi connectivity index (χ4n) is 2.51. The Morgan fingerprint density at radius 1 is 1.21 bits per heavy atom. The number of carbonyl (C=O) groups is 3. The first-order chi connectivity index (χ1) is 13.9. The van der Waals surface area contributed by atoms with Crippen LogP contribution in [0.2, 0.25) is 0 Å². The summed E-state index contributed by atoms with van der Waals surface area (Å²) in [5.74, 6) is -1.03. The molecular weight excluding hydrogens is 465 g/mol. The number of carbonyl (C=O) groups excluding carboxylic acids is 3. The quantitative estimate of drug-likeness (QED) is 0.452. The summed E-state index contributed by atoms with van der Waals surface area (Å²) in [5.41, 5.74) is 1.16. The summed E-state index contributed by atoms with van der Waals surface area (Å²) in [4.78, 5) is 37.7. The van der Waals surface area contributed by atoms with Gasteiger partial charge in [-0.2, -0.15) is 0 Å². The van der Waals surface area contributed by atoms with E-state index in [1.807, 2.05) is 0 Å². The number of esters is 1. The molecule has 1 saturated heterocycles. The molecule has 0 unspecified atom stereocenters. The Kier molecular flexibility index (Phi) is 6.71. The van der Waals surface area contributed by atoms with E-state index >= 15 is 0 Å². The van der Waals surface area contributed by atoms with E-state index in [4.69, 9.17) is 4.74 Å². The molecule has 0 bridgehead atoms. The van der Waals surface area contributed by atoms with Crippen LogP contribution in [0.1, 0.15) is 11.1 Å². The molecule has 0 atom stereocenters. The average Bonchev–Trinajstić information content (AvgIpc) is 2.96. The Bertz CT molecular complexity index is 993. The van der Waals surface area contributed by atoms with Crippen molar-refractivity contribution in [2.24, 2.45) is 0 Å². The van der Waals surface area contributed by atoms with E-state index in [-0.39, 0.29) is 18.1 Å². The molecule has 6 nitrogen and oxygen atoms in total. The van der Waals surface area contributed by atoms with Crippen LogP contribution in [0.15, 0.2) is 51.8 Å². The fraction of sp³-hybridized carbons (Fsp3) is 0.150. The van der Waals surface area contributed by atoms with Gasteiger partial charge in [0.05, 0.1) is 18.6 Å². The highest BCUT2D eigenvalue weighted by Crippen LogP contribution is 2.35. The molecule has 3 rings (SSSR count). The first kappa shape index (κ1) is 21.1. The highest BCUT2D eigenvalue weighted by molar-refractivity contribution is 9.10. The number of thioether (sulfide) groups is 1. The molecule has 1 heterocycles. The Balaban J connectivity index is 1.82. The maximum Gasteiger partial charge on any atom is 0.343 e. The predicted octanol–water partition coefficient (Wildman–Crippen LogP) is 4.38. The molecule has 0 radical (unpaired) electrons. The first-order valence-corrected chi connectivity index (χ1v) is 9.97. The molecule has 0 spiro atoms. The van der Waals surface area contributed by atoms with Crippen molar-refractivity contribution in [2.75, 3.05) is 13.7 Å². The lowest BCUT2D eigenvalue weighted by Gasteiger charge is -2.12. The zero-order valence-electron chi connectivity index (χ0n) is 15.2. The number of imide groups is 1. The summed E-state index contributed by atoms with van der Waals surface area (Å²) in [6, 6.07) is 10.7. The van der Waals surface area contributed by atoms with Crippen LogP contribution >= 0.6 is 27.7 Å². The van der Waals surface area contributed by atoms with E-state index in [2.05, 4.69) is 20.7 Å². The SMILES string of the molecule is COC(=O)COc1ccc(Br)cc1/C=C1/SC(=O)N(Cc2ccc(F)cc2)C1=O. The predicted molar refractivity (Wildman–Crippen MR) is 110 cm³/mol. The third kappa shape index (κ3) is 5.24. The van der Waals surface area contributed by atoms with Gasteiger partial charge in [-0.3, -0.25) is 14.5 Å². The number of methoxy groups -OCH3 is 1. The van der Waals surface area contributed by atoms with Crippen LogP contribution in [0, 0.1) is 5.82 Å². The summed E-state index contributed by atoms with van der Waals surface area (Å²) in [5, 5.41) is -0.419. The first-order valence-electron chi connectivity index (χ1n) is 8.36. The minimum absolute atomic E-state index is 0.0481. The van der Waals surface area contributed by atoms with Crippen molar-refractivity contribution in [3.63, 3.8) is 0 Å². The van der Waals surface area contributed by atoms with Gasteiger partial charge in [-0.25, -0.2) is 9.18 Å². The largest absolute Gasteiger partial charge is 0.481 e. The molecule has 0 saturated carbocycles. The second-order valence-corrected chi connectivity index (χ2v) is 7.85. The third-order valence-electron chi connectivity index (χ3n) is 3.96.